The Kier molecular flexibility index (Phi) is 5.44. The highest BCUT2D eigenvalue weighted by Gasteiger charge is 2.20. The Bertz CT molecular complexity index is 1010. The van der Waals surface area contributed by atoms with Crippen molar-refractivity contribution >= 4 is 34.1 Å². The molecule has 150 valence electrons. The van der Waals surface area contributed by atoms with Crippen LogP contribution in [0.1, 0.15) is 10.5 Å². The molecule has 0 radical (unpaired) electrons. The number of hydrogen-bond donors (Lipinski definition) is 2. The fourth-order valence-electron chi connectivity index (χ4n) is 3.37. The summed E-state index contributed by atoms with van der Waals surface area (Å²) in [4.78, 5) is 28.7. The molecule has 1 aliphatic rings. The molecule has 0 aliphatic carbocycles. The van der Waals surface area contributed by atoms with Crippen molar-refractivity contribution in [3.05, 3.63) is 54.2 Å². The first-order chi connectivity index (χ1) is 14.1. The molecule has 2 heterocycles. The highest BCUT2D eigenvalue weighted by Crippen LogP contribution is 2.19. The molecule has 2 N–H and O–H groups in total. The lowest BCUT2D eigenvalue weighted by molar-refractivity contribution is -0.116. The number of para-hydroxylation sites is 1. The number of morpholine rings is 1. The molecule has 1 aliphatic heterocycles. The van der Waals surface area contributed by atoms with Gasteiger partial charge in [0.25, 0.3) is 5.91 Å². The van der Waals surface area contributed by atoms with Crippen LogP contribution in [0.2, 0.25) is 0 Å². The number of carbonyl (C=O) groups excluding carboxylic acids is 2. The van der Waals surface area contributed by atoms with E-state index in [0.29, 0.717) is 11.4 Å². The number of fused-ring (bicyclic) bond motifs is 1. The van der Waals surface area contributed by atoms with E-state index in [0.717, 1.165) is 42.9 Å². The molecule has 2 amide bonds. The largest absolute Gasteiger partial charge is 0.378 e. The molecule has 0 unspecified atom stereocenters. The molecule has 3 aromatic rings. The van der Waals surface area contributed by atoms with E-state index in [1.807, 2.05) is 48.5 Å². The summed E-state index contributed by atoms with van der Waals surface area (Å²) in [7, 11) is 1.59. The predicted molar refractivity (Wildman–Crippen MR) is 111 cm³/mol. The zero-order chi connectivity index (χ0) is 20.2. The van der Waals surface area contributed by atoms with Crippen molar-refractivity contribution in [1.82, 2.24) is 15.1 Å². The van der Waals surface area contributed by atoms with E-state index in [4.69, 9.17) is 4.74 Å². The molecule has 1 fully saturated rings. The van der Waals surface area contributed by atoms with E-state index >= 15 is 0 Å². The maximum atomic E-state index is 12.7. The van der Waals surface area contributed by atoms with E-state index in [1.54, 1.807) is 7.05 Å². The van der Waals surface area contributed by atoms with Gasteiger partial charge in [-0.1, -0.05) is 18.2 Å². The molecular weight excluding hydrogens is 370 g/mol. The number of rotatable bonds is 5. The zero-order valence-corrected chi connectivity index (χ0v) is 16.2. The number of amides is 2. The van der Waals surface area contributed by atoms with Crippen LogP contribution in [-0.2, 0) is 9.53 Å². The highest BCUT2D eigenvalue weighted by atomic mass is 16.5. The summed E-state index contributed by atoms with van der Waals surface area (Å²) in [6, 6.07) is 15.1. The van der Waals surface area contributed by atoms with Crippen molar-refractivity contribution < 1.29 is 14.3 Å². The zero-order valence-electron chi connectivity index (χ0n) is 16.2. The number of anilines is 2. The lowest BCUT2D eigenvalue weighted by Crippen LogP contribution is -2.36. The number of aromatic nitrogens is 2. The Morgan fingerprint density at radius 3 is 2.62 bits per heavy atom. The molecule has 2 aromatic carbocycles. The van der Waals surface area contributed by atoms with Gasteiger partial charge in [-0.15, -0.1) is 0 Å². The number of likely N-dealkylation sites (N-methyl/N-ethyl adjacent to an activating group) is 1. The van der Waals surface area contributed by atoms with Crippen molar-refractivity contribution in [3.8, 4) is 0 Å². The number of hydrogen-bond acceptors (Lipinski definition) is 5. The topological polar surface area (TPSA) is 90.6 Å². The van der Waals surface area contributed by atoms with Gasteiger partial charge in [0.2, 0.25) is 5.91 Å². The summed E-state index contributed by atoms with van der Waals surface area (Å²) < 4.78 is 5.37. The van der Waals surface area contributed by atoms with Gasteiger partial charge in [-0.25, -0.2) is 0 Å². The molecule has 29 heavy (non-hydrogen) atoms. The Morgan fingerprint density at radius 2 is 1.86 bits per heavy atom. The van der Waals surface area contributed by atoms with E-state index < -0.39 is 0 Å². The third-order valence-corrected chi connectivity index (χ3v) is 4.93. The minimum atomic E-state index is -0.305. The molecule has 0 spiro atoms. The van der Waals surface area contributed by atoms with Crippen LogP contribution in [-0.4, -0.2) is 66.8 Å². The van der Waals surface area contributed by atoms with Gasteiger partial charge in [0, 0.05) is 36.9 Å². The van der Waals surface area contributed by atoms with Gasteiger partial charge < -0.3 is 19.9 Å². The van der Waals surface area contributed by atoms with Crippen LogP contribution >= 0.6 is 0 Å². The number of aromatic amines is 1. The van der Waals surface area contributed by atoms with Crippen molar-refractivity contribution in [2.45, 2.75) is 0 Å². The third kappa shape index (κ3) is 4.22. The van der Waals surface area contributed by atoms with Crippen LogP contribution in [0.4, 0.5) is 11.4 Å². The lowest BCUT2D eigenvalue weighted by atomic mass is 10.2. The van der Waals surface area contributed by atoms with Gasteiger partial charge in [-0.2, -0.15) is 5.10 Å². The molecule has 4 rings (SSSR count). The fourth-order valence-corrected chi connectivity index (χ4v) is 3.37. The Balaban J connectivity index is 1.35. The Hall–Kier alpha value is -3.39. The second-order valence-corrected chi connectivity index (χ2v) is 6.97. The summed E-state index contributed by atoms with van der Waals surface area (Å²) in [6.07, 6.45) is 0. The van der Waals surface area contributed by atoms with Gasteiger partial charge >= 0.3 is 0 Å². The van der Waals surface area contributed by atoms with Gasteiger partial charge in [0.15, 0.2) is 5.69 Å². The molecule has 0 saturated carbocycles. The van der Waals surface area contributed by atoms with E-state index in [2.05, 4.69) is 20.4 Å². The van der Waals surface area contributed by atoms with Crippen LogP contribution < -0.4 is 10.2 Å². The van der Waals surface area contributed by atoms with Crippen molar-refractivity contribution in [2.75, 3.05) is 50.1 Å². The molecule has 1 aromatic heterocycles. The first-order valence-electron chi connectivity index (χ1n) is 9.53. The van der Waals surface area contributed by atoms with Gasteiger partial charge in [-0.3, -0.25) is 14.7 Å². The molecule has 8 nitrogen and oxygen atoms in total. The fraction of sp³-hybridized carbons (Fsp3) is 0.286. The maximum absolute atomic E-state index is 12.7. The SMILES string of the molecule is CN(CC(=O)Nc1ccc(N2CCOCC2)cc1)C(=O)c1n[nH]c2ccccc12. The van der Waals surface area contributed by atoms with Crippen LogP contribution in [0, 0.1) is 0 Å². The van der Waals surface area contributed by atoms with Crippen LogP contribution in [0.15, 0.2) is 48.5 Å². The number of ether oxygens (including phenoxy) is 1. The normalized spacial score (nSPS) is 14.0. The molecule has 0 bridgehead atoms. The summed E-state index contributed by atoms with van der Waals surface area (Å²) >= 11 is 0. The van der Waals surface area contributed by atoms with Crippen molar-refractivity contribution in [1.29, 1.82) is 0 Å². The van der Waals surface area contributed by atoms with Crippen LogP contribution in [0.5, 0.6) is 0 Å². The number of carbonyl (C=O) groups is 2. The first-order valence-corrected chi connectivity index (χ1v) is 9.53. The average Bonchev–Trinajstić information content (AvgIpc) is 3.18. The summed E-state index contributed by atoms with van der Waals surface area (Å²) in [5.41, 5.74) is 2.89. The predicted octanol–water partition coefficient (Wildman–Crippen LogP) is 2.11. The van der Waals surface area contributed by atoms with Crippen LogP contribution in [0.3, 0.4) is 0 Å². The molecule has 8 heteroatoms. The highest BCUT2D eigenvalue weighted by molar-refractivity contribution is 6.06. The second-order valence-electron chi connectivity index (χ2n) is 6.97. The monoisotopic (exact) mass is 393 g/mol. The third-order valence-electron chi connectivity index (χ3n) is 4.93. The number of nitrogens with zero attached hydrogens (tertiary/aromatic N) is 3. The van der Waals surface area contributed by atoms with E-state index in [1.165, 1.54) is 4.90 Å². The second kappa shape index (κ2) is 8.32. The quantitative estimate of drug-likeness (QED) is 0.693. The summed E-state index contributed by atoms with van der Waals surface area (Å²) in [6.45, 7) is 3.11. The number of nitrogens with one attached hydrogen (secondary N) is 2. The van der Waals surface area contributed by atoms with Crippen molar-refractivity contribution in [2.24, 2.45) is 0 Å². The van der Waals surface area contributed by atoms with Gasteiger partial charge in [0.1, 0.15) is 0 Å². The Morgan fingerprint density at radius 1 is 1.14 bits per heavy atom. The first kappa shape index (κ1) is 18.9. The molecular formula is C21H23N5O3. The van der Waals surface area contributed by atoms with E-state index in [-0.39, 0.29) is 18.4 Å². The minimum Gasteiger partial charge on any atom is -0.378 e. The average molecular weight is 393 g/mol. The minimum absolute atomic E-state index is 0.0643. The Labute approximate surface area is 168 Å². The van der Waals surface area contributed by atoms with E-state index in [9.17, 15) is 9.59 Å². The van der Waals surface area contributed by atoms with Crippen molar-refractivity contribution in [3.63, 3.8) is 0 Å². The molecule has 1 saturated heterocycles. The van der Waals surface area contributed by atoms with Crippen LogP contribution in [0.25, 0.3) is 10.9 Å². The van der Waals surface area contributed by atoms with Gasteiger partial charge in [-0.05, 0) is 30.3 Å². The standard InChI is InChI=1S/C21H23N5O3/c1-25(21(28)20-17-4-2-3-5-18(17)23-24-20)14-19(27)22-15-6-8-16(9-7-15)26-10-12-29-13-11-26/h2-9H,10-14H2,1H3,(H,22,27)(H,23,24). The van der Waals surface area contributed by atoms with Gasteiger partial charge in [0.05, 0.1) is 25.3 Å². The lowest BCUT2D eigenvalue weighted by Gasteiger charge is -2.28. The smallest absolute Gasteiger partial charge is 0.275 e. The number of benzene rings is 2. The summed E-state index contributed by atoms with van der Waals surface area (Å²) in [5, 5.41) is 10.5. The molecule has 0 atom stereocenters. The number of H-pyrrole nitrogens is 1. The maximum Gasteiger partial charge on any atom is 0.275 e. The summed E-state index contributed by atoms with van der Waals surface area (Å²) in [5.74, 6) is -0.569.